The van der Waals surface area contributed by atoms with Gasteiger partial charge in [-0.15, -0.1) is 0 Å². The largest absolute Gasteiger partial charge is 0.338 e. The first-order valence-electron chi connectivity index (χ1n) is 14.6. The van der Waals surface area contributed by atoms with Gasteiger partial charge in [0.2, 0.25) is 5.91 Å². The van der Waals surface area contributed by atoms with Crippen molar-refractivity contribution >= 4 is 40.7 Å². The predicted molar refractivity (Wildman–Crippen MR) is 176 cm³/mol. The molecular weight excluding hydrogens is 568 g/mol. The van der Waals surface area contributed by atoms with Crippen molar-refractivity contribution in [2.45, 2.75) is 32.0 Å². The van der Waals surface area contributed by atoms with Crippen LogP contribution in [0.1, 0.15) is 47.1 Å². The molecule has 11 nitrogen and oxygen atoms in total. The molecule has 0 fully saturated rings. The number of hydrogen-bond acceptors (Lipinski definition) is 6. The lowest BCUT2D eigenvalue weighted by Gasteiger charge is -2.34. The van der Waals surface area contributed by atoms with E-state index < -0.39 is 5.54 Å². The van der Waals surface area contributed by atoms with Crippen molar-refractivity contribution in [3.63, 3.8) is 0 Å². The molecule has 1 aliphatic rings. The average molecular weight is 607 g/mol. The Hall–Kier alpha value is -5.42. The molecule has 0 aliphatic carbocycles. The minimum atomic E-state index is -0.606. The van der Waals surface area contributed by atoms with E-state index in [2.05, 4.69) is 42.9 Å². The van der Waals surface area contributed by atoms with Gasteiger partial charge >= 0.3 is 6.03 Å². The summed E-state index contributed by atoms with van der Waals surface area (Å²) in [7, 11) is 3.98. The normalized spacial score (nSPS) is 13.9. The Morgan fingerprint density at radius 3 is 2.38 bits per heavy atom. The fourth-order valence-electron chi connectivity index (χ4n) is 5.37. The molecule has 232 valence electrons. The van der Waals surface area contributed by atoms with Crippen molar-refractivity contribution in [3.8, 4) is 0 Å². The molecule has 5 rings (SSSR count). The number of fused-ring (bicyclic) bond motifs is 1. The van der Waals surface area contributed by atoms with Crippen LogP contribution in [0.5, 0.6) is 0 Å². The third kappa shape index (κ3) is 7.05. The van der Waals surface area contributed by atoms with Crippen LogP contribution in [0, 0.1) is 0 Å². The molecule has 4 amide bonds. The predicted octanol–water partition coefficient (Wildman–Crippen LogP) is 5.59. The molecule has 2 heterocycles. The van der Waals surface area contributed by atoms with Crippen LogP contribution in [0.3, 0.4) is 0 Å². The summed E-state index contributed by atoms with van der Waals surface area (Å²) >= 11 is 0. The second-order valence-electron chi connectivity index (χ2n) is 11.7. The number of likely N-dealkylation sites (N-methyl/N-ethyl adjacent to an activating group) is 1. The second-order valence-corrected chi connectivity index (χ2v) is 11.7. The third-order valence-electron chi connectivity index (χ3n) is 7.75. The van der Waals surface area contributed by atoms with Crippen LogP contribution < -0.4 is 21.3 Å². The number of aromatic nitrogens is 2. The summed E-state index contributed by atoms with van der Waals surface area (Å²) in [6.45, 7) is 8.50. The topological polar surface area (TPSA) is 134 Å². The SMILES string of the molecule is C=CC(=O)Nc1cccc(C(=O)Nc2ccc(Nc3n[nH]c4c3CN(C(=O)N[C@H](CN(C)C)c3ccccc3)C4(C)C)cc2)c1. The van der Waals surface area contributed by atoms with Gasteiger partial charge in [-0.2, -0.15) is 5.10 Å². The molecular formula is C34H38N8O3. The number of anilines is 4. The van der Waals surface area contributed by atoms with Gasteiger partial charge in [-0.3, -0.25) is 14.7 Å². The molecule has 0 radical (unpaired) electrons. The highest BCUT2D eigenvalue weighted by molar-refractivity contribution is 6.06. The standard InChI is InChI=1S/C34H38N8O3/c1-6-29(43)35-26-14-10-13-23(19-26)32(44)37-25-17-15-24(16-18-25)36-31-27-20-42(34(2,3)30(27)39-40-31)33(45)38-28(21-41(4)5)22-11-8-7-9-12-22/h6-19,28H,1,20-21H2,2-5H3,(H,35,43)(H,37,44)(H,38,45)(H2,36,39,40)/t28-/m1/s1. The van der Waals surface area contributed by atoms with Crippen molar-refractivity contribution < 1.29 is 14.4 Å². The Balaban J connectivity index is 1.24. The quantitative estimate of drug-likeness (QED) is 0.149. The van der Waals surface area contributed by atoms with Gasteiger partial charge in [-0.25, -0.2) is 4.79 Å². The Bertz CT molecular complexity index is 1700. The molecule has 0 bridgehead atoms. The first kappa shape index (κ1) is 31.0. The van der Waals surface area contributed by atoms with Crippen LogP contribution in [0.4, 0.5) is 27.7 Å². The second kappa shape index (κ2) is 13.1. The fraction of sp³-hybridized carbons (Fsp3) is 0.235. The minimum absolute atomic E-state index is 0.153. The third-order valence-corrected chi connectivity index (χ3v) is 7.75. The van der Waals surface area contributed by atoms with Crippen molar-refractivity contribution in [2.75, 3.05) is 36.6 Å². The Morgan fingerprint density at radius 2 is 1.69 bits per heavy atom. The number of benzene rings is 3. The number of rotatable bonds is 10. The zero-order chi connectivity index (χ0) is 32.1. The molecule has 0 saturated carbocycles. The van der Waals surface area contributed by atoms with E-state index in [1.54, 1.807) is 36.4 Å². The summed E-state index contributed by atoms with van der Waals surface area (Å²) in [5, 5.41) is 19.8. The number of nitrogens with zero attached hydrogens (tertiary/aromatic N) is 3. The van der Waals surface area contributed by atoms with Gasteiger partial charge in [-0.05, 0) is 82.0 Å². The molecule has 1 atom stereocenters. The summed E-state index contributed by atoms with van der Waals surface area (Å²) in [4.78, 5) is 42.0. The van der Waals surface area contributed by atoms with Gasteiger partial charge in [0.15, 0.2) is 5.82 Å². The first-order valence-corrected chi connectivity index (χ1v) is 14.6. The molecule has 4 aromatic rings. The Morgan fingerprint density at radius 1 is 0.978 bits per heavy atom. The van der Waals surface area contributed by atoms with Crippen LogP contribution in [0.25, 0.3) is 0 Å². The van der Waals surface area contributed by atoms with Gasteiger partial charge < -0.3 is 31.1 Å². The molecule has 0 spiro atoms. The highest BCUT2D eigenvalue weighted by Crippen LogP contribution is 2.41. The van der Waals surface area contributed by atoms with Gasteiger partial charge in [0, 0.05) is 34.7 Å². The summed E-state index contributed by atoms with van der Waals surface area (Å²) < 4.78 is 0. The maximum atomic E-state index is 13.7. The van der Waals surface area contributed by atoms with E-state index >= 15 is 0 Å². The number of amides is 4. The molecule has 45 heavy (non-hydrogen) atoms. The summed E-state index contributed by atoms with van der Waals surface area (Å²) in [6.07, 6.45) is 1.17. The van der Waals surface area contributed by atoms with Gasteiger partial charge in [-0.1, -0.05) is 43.0 Å². The number of hydrogen-bond donors (Lipinski definition) is 5. The maximum absolute atomic E-state index is 13.7. The Labute approximate surface area is 262 Å². The molecule has 0 unspecified atom stereocenters. The van der Waals surface area contributed by atoms with Crippen LogP contribution in [-0.2, 0) is 16.9 Å². The molecule has 1 aromatic heterocycles. The van der Waals surface area contributed by atoms with E-state index in [1.165, 1.54) is 6.08 Å². The average Bonchev–Trinajstić information content (AvgIpc) is 3.55. The fourth-order valence-corrected chi connectivity index (χ4v) is 5.37. The number of carbonyl (C=O) groups is 3. The van der Waals surface area contributed by atoms with Gasteiger partial charge in [0.05, 0.1) is 23.8 Å². The number of carbonyl (C=O) groups excluding carboxylic acids is 3. The number of H-pyrrole nitrogens is 1. The maximum Gasteiger partial charge on any atom is 0.319 e. The first-order chi connectivity index (χ1) is 21.5. The van der Waals surface area contributed by atoms with E-state index in [1.807, 2.05) is 75.3 Å². The minimum Gasteiger partial charge on any atom is -0.338 e. The van der Waals surface area contributed by atoms with E-state index in [-0.39, 0.29) is 23.9 Å². The molecule has 3 aromatic carbocycles. The summed E-state index contributed by atoms with van der Waals surface area (Å²) in [5.74, 6) is -0.0258. The van der Waals surface area contributed by atoms with E-state index in [0.29, 0.717) is 35.8 Å². The number of nitrogens with one attached hydrogen (secondary N) is 5. The lowest BCUT2D eigenvalue weighted by molar-refractivity contribution is -0.111. The number of urea groups is 1. The summed E-state index contributed by atoms with van der Waals surface area (Å²) in [5.41, 5.74) is 4.51. The molecule has 11 heteroatoms. The monoisotopic (exact) mass is 606 g/mol. The van der Waals surface area contributed by atoms with Gasteiger partial charge in [0.25, 0.3) is 5.91 Å². The van der Waals surface area contributed by atoms with Crippen LogP contribution in [0.2, 0.25) is 0 Å². The molecule has 5 N–H and O–H groups in total. The van der Waals surface area contributed by atoms with Crippen molar-refractivity contribution in [2.24, 2.45) is 0 Å². The zero-order valence-corrected chi connectivity index (χ0v) is 25.8. The van der Waals surface area contributed by atoms with Crippen molar-refractivity contribution in [3.05, 3.63) is 114 Å². The van der Waals surface area contributed by atoms with Crippen LogP contribution >= 0.6 is 0 Å². The molecule has 1 aliphatic heterocycles. The van der Waals surface area contributed by atoms with E-state index in [4.69, 9.17) is 0 Å². The van der Waals surface area contributed by atoms with E-state index in [0.717, 1.165) is 22.5 Å². The van der Waals surface area contributed by atoms with E-state index in [9.17, 15) is 14.4 Å². The molecule has 0 saturated heterocycles. The van der Waals surface area contributed by atoms with Crippen LogP contribution in [-0.4, -0.2) is 58.5 Å². The lowest BCUT2D eigenvalue weighted by atomic mass is 10.0. The van der Waals surface area contributed by atoms with Crippen molar-refractivity contribution in [1.82, 2.24) is 25.3 Å². The van der Waals surface area contributed by atoms with Crippen LogP contribution in [0.15, 0.2) is 91.5 Å². The summed E-state index contributed by atoms with van der Waals surface area (Å²) in [6, 6.07) is 23.6. The highest BCUT2D eigenvalue weighted by atomic mass is 16.2. The lowest BCUT2D eigenvalue weighted by Crippen LogP contribution is -2.48. The van der Waals surface area contributed by atoms with Crippen molar-refractivity contribution in [1.29, 1.82) is 0 Å². The number of aromatic amines is 1. The Kier molecular flexibility index (Phi) is 9.01. The van der Waals surface area contributed by atoms with Gasteiger partial charge in [0.1, 0.15) is 0 Å². The highest BCUT2D eigenvalue weighted by Gasteiger charge is 2.44. The smallest absolute Gasteiger partial charge is 0.319 e. The zero-order valence-electron chi connectivity index (χ0n) is 25.8.